The van der Waals surface area contributed by atoms with Crippen molar-refractivity contribution < 1.29 is 14.0 Å². The second-order valence-electron chi connectivity index (χ2n) is 9.43. The van der Waals surface area contributed by atoms with Crippen LogP contribution in [0.3, 0.4) is 0 Å². The van der Waals surface area contributed by atoms with E-state index >= 15 is 0 Å². The maximum atomic E-state index is 13.4. The first-order valence-electron chi connectivity index (χ1n) is 13.3. The standard InChI is InChI=1S/C32H26N6O3S/c39-29(34-25-13-6-2-7-14-25)19-28-31(40)37(22-27-17-10-18-41-27)32(42-28)35-33-20-24-21-38(26-15-8-3-9-16-26)36-30(24)23-11-4-1-5-12-23/h1-18,20-21,28H,19,22H2,(H,34,39)/b33-20+,35-32-. The van der Waals surface area contributed by atoms with E-state index in [4.69, 9.17) is 9.52 Å². The molecule has 208 valence electrons. The molecule has 9 nitrogen and oxygen atoms in total. The molecule has 1 atom stereocenters. The van der Waals surface area contributed by atoms with Gasteiger partial charge < -0.3 is 9.73 Å². The highest BCUT2D eigenvalue weighted by Gasteiger charge is 2.39. The number of nitrogens with zero attached hydrogens (tertiary/aromatic N) is 5. The minimum absolute atomic E-state index is 0.00220. The number of carbonyl (C=O) groups excluding carboxylic acids is 2. The van der Waals surface area contributed by atoms with Crippen LogP contribution >= 0.6 is 11.8 Å². The van der Waals surface area contributed by atoms with Gasteiger partial charge in [0.05, 0.1) is 24.7 Å². The fourth-order valence-electron chi connectivity index (χ4n) is 4.48. The van der Waals surface area contributed by atoms with E-state index in [-0.39, 0.29) is 24.8 Å². The molecule has 3 heterocycles. The number of anilines is 1. The second-order valence-corrected chi connectivity index (χ2v) is 10.6. The van der Waals surface area contributed by atoms with Crippen LogP contribution in [0, 0.1) is 0 Å². The van der Waals surface area contributed by atoms with Gasteiger partial charge in [0.2, 0.25) is 11.8 Å². The molecular formula is C32H26N6O3S. The molecule has 1 aliphatic rings. The van der Waals surface area contributed by atoms with Crippen LogP contribution in [0.5, 0.6) is 0 Å². The first-order chi connectivity index (χ1) is 20.6. The van der Waals surface area contributed by atoms with Crippen molar-refractivity contribution in [3.63, 3.8) is 0 Å². The number of amidine groups is 1. The zero-order valence-corrected chi connectivity index (χ0v) is 23.2. The van der Waals surface area contributed by atoms with Crippen LogP contribution in [-0.4, -0.2) is 43.1 Å². The summed E-state index contributed by atoms with van der Waals surface area (Å²) in [6.07, 6.45) is 5.08. The number of rotatable bonds is 9. The fraction of sp³-hybridized carbons (Fsp3) is 0.0938. The number of amides is 2. The molecule has 0 spiro atoms. The van der Waals surface area contributed by atoms with Crippen LogP contribution in [0.15, 0.2) is 130 Å². The molecule has 3 aromatic carbocycles. The van der Waals surface area contributed by atoms with Gasteiger partial charge in [0, 0.05) is 29.4 Å². The number of thioether (sulfide) groups is 1. The Hall–Kier alpha value is -5.22. The van der Waals surface area contributed by atoms with E-state index in [1.54, 1.807) is 41.4 Å². The van der Waals surface area contributed by atoms with Gasteiger partial charge in [-0.3, -0.25) is 14.5 Å². The molecule has 0 bridgehead atoms. The molecule has 0 saturated carbocycles. The summed E-state index contributed by atoms with van der Waals surface area (Å²) in [6.45, 7) is 0.186. The number of hydrogen-bond acceptors (Lipinski definition) is 7. The van der Waals surface area contributed by atoms with Gasteiger partial charge >= 0.3 is 0 Å². The Bertz CT molecular complexity index is 1720. The largest absolute Gasteiger partial charge is 0.467 e. The monoisotopic (exact) mass is 574 g/mol. The van der Waals surface area contributed by atoms with E-state index in [9.17, 15) is 9.59 Å². The minimum Gasteiger partial charge on any atom is -0.467 e. The third-order valence-electron chi connectivity index (χ3n) is 6.49. The molecule has 0 aliphatic carbocycles. The van der Waals surface area contributed by atoms with E-state index in [1.807, 2.05) is 85.1 Å². The van der Waals surface area contributed by atoms with E-state index in [0.717, 1.165) is 22.5 Å². The van der Waals surface area contributed by atoms with Crippen molar-refractivity contribution in [1.82, 2.24) is 14.7 Å². The lowest BCUT2D eigenvalue weighted by Gasteiger charge is -2.14. The van der Waals surface area contributed by atoms with Gasteiger partial charge in [-0.05, 0) is 36.4 Å². The molecule has 1 N–H and O–H groups in total. The van der Waals surface area contributed by atoms with Crippen LogP contribution < -0.4 is 5.32 Å². The van der Waals surface area contributed by atoms with Gasteiger partial charge in [0.1, 0.15) is 16.7 Å². The van der Waals surface area contributed by atoms with E-state index < -0.39 is 5.25 Å². The van der Waals surface area contributed by atoms with Crippen molar-refractivity contribution in [2.75, 3.05) is 5.32 Å². The lowest BCUT2D eigenvalue weighted by Crippen LogP contribution is -2.33. The van der Waals surface area contributed by atoms with Gasteiger partial charge in [0.15, 0.2) is 5.17 Å². The highest BCUT2D eigenvalue weighted by atomic mass is 32.2. The van der Waals surface area contributed by atoms with Gasteiger partial charge in [-0.1, -0.05) is 78.5 Å². The summed E-state index contributed by atoms with van der Waals surface area (Å²) >= 11 is 1.21. The van der Waals surface area contributed by atoms with Gasteiger partial charge in [-0.25, -0.2) is 4.68 Å². The highest BCUT2D eigenvalue weighted by molar-refractivity contribution is 8.15. The Kier molecular flexibility index (Phi) is 8.05. The lowest BCUT2D eigenvalue weighted by molar-refractivity contribution is -0.128. The van der Waals surface area contributed by atoms with E-state index in [1.165, 1.54) is 16.7 Å². The minimum atomic E-state index is -0.640. The van der Waals surface area contributed by atoms with Crippen LogP contribution in [0.25, 0.3) is 16.9 Å². The van der Waals surface area contributed by atoms with Crippen molar-refractivity contribution in [1.29, 1.82) is 0 Å². The van der Waals surface area contributed by atoms with E-state index in [2.05, 4.69) is 15.5 Å². The van der Waals surface area contributed by atoms with Crippen molar-refractivity contribution in [2.24, 2.45) is 10.2 Å². The Morgan fingerprint density at radius 2 is 1.67 bits per heavy atom. The number of nitrogens with one attached hydrogen (secondary N) is 1. The number of benzene rings is 3. The summed E-state index contributed by atoms with van der Waals surface area (Å²) in [4.78, 5) is 27.6. The first kappa shape index (κ1) is 27.0. The molecule has 1 fully saturated rings. The third kappa shape index (κ3) is 6.24. The normalized spacial score (nSPS) is 16.0. The molecule has 2 aromatic heterocycles. The molecule has 1 aliphatic heterocycles. The molecular weight excluding hydrogens is 548 g/mol. The average Bonchev–Trinajstić information content (AvgIpc) is 3.76. The zero-order chi connectivity index (χ0) is 28.7. The molecule has 6 rings (SSSR count). The number of aromatic nitrogens is 2. The maximum absolute atomic E-state index is 13.4. The fourth-order valence-corrected chi connectivity index (χ4v) is 5.57. The van der Waals surface area contributed by atoms with Crippen molar-refractivity contribution in [3.05, 3.63) is 127 Å². The maximum Gasteiger partial charge on any atom is 0.243 e. The van der Waals surface area contributed by atoms with E-state index in [0.29, 0.717) is 16.6 Å². The average molecular weight is 575 g/mol. The highest BCUT2D eigenvalue weighted by Crippen LogP contribution is 2.31. The second kappa shape index (κ2) is 12.5. The Labute approximate surface area is 246 Å². The smallest absolute Gasteiger partial charge is 0.243 e. The summed E-state index contributed by atoms with van der Waals surface area (Å²) in [5.41, 5.74) is 4.05. The first-order valence-corrected chi connectivity index (χ1v) is 14.2. The SMILES string of the molecule is O=C(CC1S/C(=N\N=C\c2cn(-c3ccccc3)nc2-c2ccccc2)N(Cc2ccco2)C1=O)Nc1ccccc1. The van der Waals surface area contributed by atoms with Crippen LogP contribution in [0.4, 0.5) is 5.69 Å². The molecule has 0 radical (unpaired) electrons. The molecule has 2 amide bonds. The predicted molar refractivity (Wildman–Crippen MR) is 164 cm³/mol. The number of carbonyl (C=O) groups is 2. The molecule has 5 aromatic rings. The van der Waals surface area contributed by atoms with Crippen LogP contribution in [0.1, 0.15) is 17.7 Å². The number of hydrogen-bond donors (Lipinski definition) is 1. The molecule has 42 heavy (non-hydrogen) atoms. The van der Waals surface area contributed by atoms with Gasteiger partial charge in [0.25, 0.3) is 0 Å². The number of para-hydroxylation sites is 2. The Balaban J connectivity index is 1.26. The van der Waals surface area contributed by atoms with Gasteiger partial charge in [-0.15, -0.1) is 5.10 Å². The summed E-state index contributed by atoms with van der Waals surface area (Å²) in [6, 6.07) is 32.4. The zero-order valence-electron chi connectivity index (χ0n) is 22.4. The van der Waals surface area contributed by atoms with Crippen LogP contribution in [0.2, 0.25) is 0 Å². The number of furan rings is 1. The molecule has 1 unspecified atom stereocenters. The lowest BCUT2D eigenvalue weighted by atomic mass is 10.1. The Morgan fingerprint density at radius 1 is 0.952 bits per heavy atom. The third-order valence-corrected chi connectivity index (χ3v) is 7.66. The van der Waals surface area contributed by atoms with Crippen LogP contribution in [-0.2, 0) is 16.1 Å². The van der Waals surface area contributed by atoms with Gasteiger partial charge in [-0.2, -0.15) is 10.2 Å². The summed E-state index contributed by atoms with van der Waals surface area (Å²) < 4.78 is 7.28. The van der Waals surface area contributed by atoms with Crippen molar-refractivity contribution in [2.45, 2.75) is 18.2 Å². The predicted octanol–water partition coefficient (Wildman–Crippen LogP) is 6.00. The Morgan fingerprint density at radius 3 is 2.38 bits per heavy atom. The summed E-state index contributed by atoms with van der Waals surface area (Å²) in [7, 11) is 0. The molecule has 10 heteroatoms. The molecule has 1 saturated heterocycles. The summed E-state index contributed by atoms with van der Waals surface area (Å²) in [5.74, 6) is 0.122. The van der Waals surface area contributed by atoms with Crippen molar-refractivity contribution >= 4 is 40.6 Å². The quantitative estimate of drug-likeness (QED) is 0.172. The topological polar surface area (TPSA) is 105 Å². The summed E-state index contributed by atoms with van der Waals surface area (Å²) in [5, 5.41) is 16.2. The van der Waals surface area contributed by atoms with Crippen molar-refractivity contribution in [3.8, 4) is 16.9 Å².